The van der Waals surface area contributed by atoms with Crippen molar-refractivity contribution in [2.45, 2.75) is 33.0 Å². The number of aromatic nitrogens is 1. The minimum atomic E-state index is 0.000302. The van der Waals surface area contributed by atoms with E-state index in [1.807, 2.05) is 56.3 Å². The molecule has 3 aromatic rings. The van der Waals surface area contributed by atoms with Crippen molar-refractivity contribution < 1.29 is 4.74 Å². The number of aryl methyl sites for hydroxylation is 1. The molecule has 6 heteroatoms. The van der Waals surface area contributed by atoms with Crippen LogP contribution in [0.1, 0.15) is 23.6 Å². The molecule has 1 aromatic heterocycles. The summed E-state index contributed by atoms with van der Waals surface area (Å²) in [4.78, 5) is 16.1. The molecule has 162 valence electrons. The molecule has 0 radical (unpaired) electrons. The quantitative estimate of drug-likeness (QED) is 0.435. The maximum absolute atomic E-state index is 11.9. The fourth-order valence-electron chi connectivity index (χ4n) is 3.14. The van der Waals surface area contributed by atoms with Crippen molar-refractivity contribution in [3.8, 4) is 5.75 Å². The lowest BCUT2D eigenvalue weighted by atomic mass is 10.1. The lowest BCUT2D eigenvalue weighted by Gasteiger charge is -2.19. The van der Waals surface area contributed by atoms with Crippen molar-refractivity contribution in [2.24, 2.45) is 4.99 Å². The van der Waals surface area contributed by atoms with Gasteiger partial charge >= 0.3 is 0 Å². The standard InChI is InChI=1S/C25H30N4O2/c1-19-8-4-5-9-23(19)31-20(2)16-27-25(26-3)28-17-21-11-13-22(14-12-21)18-29-15-7-6-10-24(29)30/h4-15,20H,16-18H2,1-3H3,(H2,26,27,28). The number of benzene rings is 2. The van der Waals surface area contributed by atoms with E-state index in [-0.39, 0.29) is 11.7 Å². The average Bonchev–Trinajstić information content (AvgIpc) is 2.78. The lowest BCUT2D eigenvalue weighted by molar-refractivity contribution is 0.222. The van der Waals surface area contributed by atoms with E-state index in [0.717, 1.165) is 28.4 Å². The number of hydrogen-bond acceptors (Lipinski definition) is 3. The monoisotopic (exact) mass is 418 g/mol. The summed E-state index contributed by atoms with van der Waals surface area (Å²) in [5.74, 6) is 1.62. The van der Waals surface area contributed by atoms with Crippen LogP contribution in [0, 0.1) is 6.92 Å². The van der Waals surface area contributed by atoms with Crippen molar-refractivity contribution in [3.63, 3.8) is 0 Å². The highest BCUT2D eigenvalue weighted by atomic mass is 16.5. The van der Waals surface area contributed by atoms with Gasteiger partial charge in [0.15, 0.2) is 5.96 Å². The zero-order valence-electron chi connectivity index (χ0n) is 18.3. The Hall–Kier alpha value is -3.54. The third-order valence-corrected chi connectivity index (χ3v) is 4.94. The number of hydrogen-bond donors (Lipinski definition) is 2. The Bertz CT molecular complexity index is 1060. The Morgan fingerprint density at radius 2 is 1.71 bits per heavy atom. The molecule has 6 nitrogen and oxygen atoms in total. The fraction of sp³-hybridized carbons (Fsp3) is 0.280. The van der Waals surface area contributed by atoms with Crippen molar-refractivity contribution >= 4 is 5.96 Å². The molecular formula is C25H30N4O2. The summed E-state index contributed by atoms with van der Waals surface area (Å²) >= 11 is 0. The van der Waals surface area contributed by atoms with Crippen LogP contribution in [0.2, 0.25) is 0 Å². The Labute approximate surface area is 183 Å². The SMILES string of the molecule is CN=C(NCc1ccc(Cn2ccccc2=O)cc1)NCC(C)Oc1ccccc1C. The summed E-state index contributed by atoms with van der Waals surface area (Å²) in [7, 11) is 1.75. The third-order valence-electron chi connectivity index (χ3n) is 4.94. The number of pyridine rings is 1. The summed E-state index contributed by atoms with van der Waals surface area (Å²) < 4.78 is 7.70. The zero-order valence-corrected chi connectivity index (χ0v) is 18.3. The van der Waals surface area contributed by atoms with Crippen LogP contribution in [0.25, 0.3) is 0 Å². The zero-order chi connectivity index (χ0) is 22.1. The number of para-hydroxylation sites is 1. The Kier molecular flexibility index (Phi) is 7.87. The third kappa shape index (κ3) is 6.74. The van der Waals surface area contributed by atoms with Crippen LogP contribution in [0.3, 0.4) is 0 Å². The van der Waals surface area contributed by atoms with Gasteiger partial charge in [-0.2, -0.15) is 0 Å². The Morgan fingerprint density at radius 3 is 2.42 bits per heavy atom. The number of rotatable bonds is 8. The summed E-state index contributed by atoms with van der Waals surface area (Å²) in [6, 6.07) is 21.4. The molecule has 0 fully saturated rings. The van der Waals surface area contributed by atoms with Gasteiger partial charge in [0.1, 0.15) is 11.9 Å². The second-order valence-corrected chi connectivity index (χ2v) is 7.48. The van der Waals surface area contributed by atoms with Gasteiger partial charge in [-0.25, -0.2) is 0 Å². The fourth-order valence-corrected chi connectivity index (χ4v) is 3.14. The van der Waals surface area contributed by atoms with Crippen molar-refractivity contribution in [1.82, 2.24) is 15.2 Å². The molecule has 2 N–H and O–H groups in total. The lowest BCUT2D eigenvalue weighted by Crippen LogP contribution is -2.41. The van der Waals surface area contributed by atoms with Crippen LogP contribution in [0.4, 0.5) is 0 Å². The molecule has 0 saturated heterocycles. The summed E-state index contributed by atoms with van der Waals surface area (Å²) in [6.45, 7) is 5.93. The maximum Gasteiger partial charge on any atom is 0.250 e. The highest BCUT2D eigenvalue weighted by molar-refractivity contribution is 5.79. The highest BCUT2D eigenvalue weighted by Gasteiger charge is 2.07. The van der Waals surface area contributed by atoms with Crippen LogP contribution >= 0.6 is 0 Å². The second kappa shape index (κ2) is 11.0. The first kappa shape index (κ1) is 22.2. The number of nitrogens with zero attached hydrogens (tertiary/aromatic N) is 2. The van der Waals surface area contributed by atoms with Crippen molar-refractivity contribution in [2.75, 3.05) is 13.6 Å². The highest BCUT2D eigenvalue weighted by Crippen LogP contribution is 2.17. The molecule has 0 bridgehead atoms. The number of aliphatic imine (C=N–C) groups is 1. The number of guanidine groups is 1. The van der Waals surface area contributed by atoms with E-state index in [2.05, 4.69) is 27.8 Å². The molecule has 3 rings (SSSR count). The molecular weight excluding hydrogens is 388 g/mol. The van der Waals surface area contributed by atoms with E-state index in [1.165, 1.54) is 0 Å². The van der Waals surface area contributed by atoms with E-state index < -0.39 is 0 Å². The Balaban J connectivity index is 1.46. The van der Waals surface area contributed by atoms with Gasteiger partial charge in [0.25, 0.3) is 5.56 Å². The van der Waals surface area contributed by atoms with E-state index >= 15 is 0 Å². The Morgan fingerprint density at radius 1 is 1.00 bits per heavy atom. The molecule has 0 spiro atoms. The van der Waals surface area contributed by atoms with Crippen LogP contribution < -0.4 is 20.9 Å². The molecule has 1 unspecified atom stereocenters. The molecule has 0 aliphatic carbocycles. The smallest absolute Gasteiger partial charge is 0.250 e. The topological polar surface area (TPSA) is 67.7 Å². The van der Waals surface area contributed by atoms with E-state index in [1.54, 1.807) is 29.9 Å². The molecule has 2 aromatic carbocycles. The molecule has 31 heavy (non-hydrogen) atoms. The van der Waals surface area contributed by atoms with Gasteiger partial charge in [-0.1, -0.05) is 48.5 Å². The second-order valence-electron chi connectivity index (χ2n) is 7.48. The van der Waals surface area contributed by atoms with E-state index in [9.17, 15) is 4.79 Å². The molecule has 1 heterocycles. The first-order valence-electron chi connectivity index (χ1n) is 10.5. The minimum absolute atomic E-state index is 0.000302. The van der Waals surface area contributed by atoms with Gasteiger partial charge in [-0.05, 0) is 42.7 Å². The minimum Gasteiger partial charge on any atom is -0.489 e. The van der Waals surface area contributed by atoms with E-state index in [4.69, 9.17) is 4.74 Å². The van der Waals surface area contributed by atoms with Crippen LogP contribution in [0.5, 0.6) is 5.75 Å². The van der Waals surface area contributed by atoms with Gasteiger partial charge in [0.2, 0.25) is 0 Å². The van der Waals surface area contributed by atoms with Crippen molar-refractivity contribution in [3.05, 3.63) is 100.0 Å². The largest absolute Gasteiger partial charge is 0.489 e. The summed E-state index contributed by atoms with van der Waals surface area (Å²) in [5, 5.41) is 6.63. The molecule has 1 atom stereocenters. The molecule has 0 amide bonds. The van der Waals surface area contributed by atoms with Crippen LogP contribution in [0.15, 0.2) is 82.7 Å². The molecule has 0 aliphatic heterocycles. The maximum atomic E-state index is 11.9. The number of nitrogens with one attached hydrogen (secondary N) is 2. The van der Waals surface area contributed by atoms with Gasteiger partial charge in [0, 0.05) is 25.9 Å². The first-order valence-corrected chi connectivity index (χ1v) is 10.5. The van der Waals surface area contributed by atoms with Gasteiger partial charge < -0.3 is 19.9 Å². The van der Waals surface area contributed by atoms with Crippen LogP contribution in [-0.2, 0) is 13.1 Å². The predicted octanol–water partition coefficient (Wildman–Crippen LogP) is 3.34. The average molecular weight is 419 g/mol. The summed E-state index contributed by atoms with van der Waals surface area (Å²) in [5.41, 5.74) is 3.35. The van der Waals surface area contributed by atoms with Crippen LogP contribution in [-0.4, -0.2) is 30.2 Å². The summed E-state index contributed by atoms with van der Waals surface area (Å²) in [6.07, 6.45) is 1.80. The van der Waals surface area contributed by atoms with Gasteiger partial charge in [0.05, 0.1) is 13.1 Å². The normalized spacial score (nSPS) is 12.3. The van der Waals surface area contributed by atoms with E-state index in [0.29, 0.717) is 19.6 Å². The molecule has 0 saturated carbocycles. The predicted molar refractivity (Wildman–Crippen MR) is 126 cm³/mol. The van der Waals surface area contributed by atoms with Crippen molar-refractivity contribution in [1.29, 1.82) is 0 Å². The number of ether oxygens (including phenoxy) is 1. The first-order chi connectivity index (χ1) is 15.0. The van der Waals surface area contributed by atoms with Gasteiger partial charge in [-0.3, -0.25) is 9.79 Å². The van der Waals surface area contributed by atoms with Gasteiger partial charge in [-0.15, -0.1) is 0 Å². The molecule has 0 aliphatic rings.